The van der Waals surface area contributed by atoms with Crippen molar-refractivity contribution in [2.75, 3.05) is 51.7 Å². The summed E-state index contributed by atoms with van der Waals surface area (Å²) in [6, 6.07) is 4.84. The molecule has 1 aromatic carbocycles. The second-order valence-corrected chi connectivity index (χ2v) is 5.25. The molecule has 1 heterocycles. The van der Waals surface area contributed by atoms with Crippen LogP contribution in [0.25, 0.3) is 0 Å². The Bertz CT molecular complexity index is 478. The van der Waals surface area contributed by atoms with Crippen LogP contribution >= 0.6 is 11.6 Å². The van der Waals surface area contributed by atoms with Crippen molar-refractivity contribution in [3.8, 4) is 5.75 Å². The normalized spacial score (nSPS) is 15.5. The lowest BCUT2D eigenvalue weighted by Gasteiger charge is -2.27. The van der Waals surface area contributed by atoms with Crippen LogP contribution in [0.3, 0.4) is 0 Å². The number of rotatable bonds is 5. The molecule has 0 saturated carbocycles. The van der Waals surface area contributed by atoms with E-state index in [2.05, 4.69) is 20.9 Å². The maximum atomic E-state index is 11.9. The lowest BCUT2D eigenvalue weighted by atomic mass is 10.3. The van der Waals surface area contributed by atoms with E-state index in [-0.39, 0.29) is 6.03 Å². The highest BCUT2D eigenvalue weighted by atomic mass is 35.5. The molecule has 0 unspecified atom stereocenters. The maximum Gasteiger partial charge on any atom is 0.319 e. The molecule has 0 bridgehead atoms. The fraction of sp³-hybridized carbons (Fsp3) is 0.500. The zero-order chi connectivity index (χ0) is 15.1. The van der Waals surface area contributed by atoms with Crippen LogP contribution in [0.4, 0.5) is 10.5 Å². The molecular weight excluding hydrogens is 292 g/mol. The summed E-state index contributed by atoms with van der Waals surface area (Å²) in [5.74, 6) is 0.580. The van der Waals surface area contributed by atoms with E-state index in [0.717, 1.165) is 32.7 Å². The Balaban J connectivity index is 1.77. The summed E-state index contributed by atoms with van der Waals surface area (Å²) >= 11 is 5.92. The van der Waals surface area contributed by atoms with Crippen molar-refractivity contribution >= 4 is 23.3 Å². The van der Waals surface area contributed by atoms with Gasteiger partial charge in [-0.2, -0.15) is 0 Å². The van der Waals surface area contributed by atoms with Crippen LogP contribution in [-0.4, -0.2) is 57.3 Å². The maximum absolute atomic E-state index is 11.9. The third kappa shape index (κ3) is 5.08. The number of amides is 2. The van der Waals surface area contributed by atoms with Gasteiger partial charge in [0.05, 0.1) is 12.8 Å². The van der Waals surface area contributed by atoms with Crippen LogP contribution < -0.4 is 20.7 Å². The molecule has 0 aromatic heterocycles. The topological polar surface area (TPSA) is 65.6 Å². The molecule has 0 radical (unpaired) electrons. The van der Waals surface area contributed by atoms with Crippen LogP contribution in [0.5, 0.6) is 5.75 Å². The summed E-state index contributed by atoms with van der Waals surface area (Å²) in [4.78, 5) is 14.2. The van der Waals surface area contributed by atoms with Crippen molar-refractivity contribution in [2.24, 2.45) is 0 Å². The van der Waals surface area contributed by atoms with Gasteiger partial charge in [-0.1, -0.05) is 11.6 Å². The van der Waals surface area contributed by atoms with E-state index < -0.39 is 0 Å². The number of benzene rings is 1. The molecule has 6 nitrogen and oxygen atoms in total. The first-order chi connectivity index (χ1) is 10.2. The number of urea groups is 1. The lowest BCUT2D eigenvalue weighted by molar-refractivity contribution is 0.233. The number of hydrogen-bond acceptors (Lipinski definition) is 4. The summed E-state index contributed by atoms with van der Waals surface area (Å²) in [7, 11) is 1.55. The van der Waals surface area contributed by atoms with Gasteiger partial charge in [0, 0.05) is 44.3 Å². The molecule has 1 saturated heterocycles. The molecule has 1 aliphatic heterocycles. The number of piperazine rings is 1. The molecule has 3 N–H and O–H groups in total. The smallest absolute Gasteiger partial charge is 0.319 e. The first-order valence-electron chi connectivity index (χ1n) is 7.00. The molecule has 7 heteroatoms. The second-order valence-electron chi connectivity index (χ2n) is 4.82. The van der Waals surface area contributed by atoms with Crippen molar-refractivity contribution in [1.29, 1.82) is 0 Å². The quantitative estimate of drug-likeness (QED) is 0.768. The molecule has 2 amide bonds. The molecule has 0 atom stereocenters. The third-order valence-corrected chi connectivity index (χ3v) is 3.57. The molecule has 1 aliphatic rings. The lowest BCUT2D eigenvalue weighted by Crippen LogP contribution is -2.46. The Kier molecular flexibility index (Phi) is 6.10. The number of nitrogens with zero attached hydrogens (tertiary/aromatic N) is 1. The van der Waals surface area contributed by atoms with Crippen LogP contribution in [0, 0.1) is 0 Å². The van der Waals surface area contributed by atoms with E-state index in [0.29, 0.717) is 23.0 Å². The highest BCUT2D eigenvalue weighted by Crippen LogP contribution is 2.27. The number of nitrogens with one attached hydrogen (secondary N) is 3. The van der Waals surface area contributed by atoms with E-state index in [1.165, 1.54) is 0 Å². The summed E-state index contributed by atoms with van der Waals surface area (Å²) in [5.41, 5.74) is 0.560. The monoisotopic (exact) mass is 312 g/mol. The number of anilines is 1. The molecule has 116 valence electrons. The number of halogens is 1. The Morgan fingerprint density at radius 1 is 1.43 bits per heavy atom. The number of methoxy groups -OCH3 is 1. The summed E-state index contributed by atoms with van der Waals surface area (Å²) in [5, 5.41) is 9.43. The van der Waals surface area contributed by atoms with Gasteiger partial charge in [0.15, 0.2) is 0 Å². The minimum Gasteiger partial charge on any atom is -0.495 e. The van der Waals surface area contributed by atoms with Gasteiger partial charge in [0.1, 0.15) is 5.75 Å². The molecule has 2 rings (SSSR count). The van der Waals surface area contributed by atoms with Crippen LogP contribution in [0.15, 0.2) is 18.2 Å². The highest BCUT2D eigenvalue weighted by Gasteiger charge is 2.10. The van der Waals surface area contributed by atoms with Gasteiger partial charge in [-0.05, 0) is 18.2 Å². The van der Waals surface area contributed by atoms with E-state index >= 15 is 0 Å². The summed E-state index contributed by atoms with van der Waals surface area (Å²) < 4.78 is 5.18. The Morgan fingerprint density at radius 3 is 2.90 bits per heavy atom. The minimum atomic E-state index is -0.259. The molecule has 0 aliphatic carbocycles. The Labute approximate surface area is 129 Å². The molecule has 1 fully saturated rings. The van der Waals surface area contributed by atoms with Gasteiger partial charge in [0.25, 0.3) is 0 Å². The molecule has 1 aromatic rings. The van der Waals surface area contributed by atoms with Gasteiger partial charge >= 0.3 is 6.03 Å². The van der Waals surface area contributed by atoms with E-state index in [1.807, 2.05) is 0 Å². The SMILES string of the molecule is COc1ccc(Cl)cc1NC(=O)NCCN1CCNCC1. The van der Waals surface area contributed by atoms with Gasteiger partial charge in [-0.15, -0.1) is 0 Å². The van der Waals surface area contributed by atoms with Crippen LogP contribution in [0.2, 0.25) is 5.02 Å². The van der Waals surface area contributed by atoms with Crippen molar-refractivity contribution in [3.05, 3.63) is 23.2 Å². The zero-order valence-corrected chi connectivity index (χ0v) is 12.9. The average Bonchev–Trinajstić information content (AvgIpc) is 2.48. The highest BCUT2D eigenvalue weighted by molar-refractivity contribution is 6.31. The Hall–Kier alpha value is -1.50. The summed E-state index contributed by atoms with van der Waals surface area (Å²) in [6.07, 6.45) is 0. The first-order valence-corrected chi connectivity index (χ1v) is 7.38. The second kappa shape index (κ2) is 8.07. The van der Waals surface area contributed by atoms with Crippen molar-refractivity contribution < 1.29 is 9.53 Å². The van der Waals surface area contributed by atoms with E-state index in [4.69, 9.17) is 16.3 Å². The number of carbonyl (C=O) groups is 1. The predicted molar refractivity (Wildman–Crippen MR) is 84.3 cm³/mol. The number of carbonyl (C=O) groups excluding carboxylic acids is 1. The van der Waals surface area contributed by atoms with Gasteiger partial charge in [-0.3, -0.25) is 4.90 Å². The Morgan fingerprint density at radius 2 is 2.19 bits per heavy atom. The largest absolute Gasteiger partial charge is 0.495 e. The van der Waals surface area contributed by atoms with Gasteiger partial charge in [0.2, 0.25) is 0 Å². The molecule has 21 heavy (non-hydrogen) atoms. The fourth-order valence-corrected chi connectivity index (χ4v) is 2.38. The third-order valence-electron chi connectivity index (χ3n) is 3.33. The minimum absolute atomic E-state index is 0.259. The standard InChI is InChI=1S/C14H21ClN4O2/c1-21-13-3-2-11(15)10-12(13)18-14(20)17-6-9-19-7-4-16-5-8-19/h2-3,10,16H,4-9H2,1H3,(H2,17,18,20). The molecule has 0 spiro atoms. The van der Waals surface area contributed by atoms with E-state index in [1.54, 1.807) is 25.3 Å². The molecular formula is C14H21ClN4O2. The fourth-order valence-electron chi connectivity index (χ4n) is 2.21. The average molecular weight is 313 g/mol. The number of ether oxygens (including phenoxy) is 1. The summed E-state index contributed by atoms with van der Waals surface area (Å²) in [6.45, 7) is 5.51. The zero-order valence-electron chi connectivity index (χ0n) is 12.1. The van der Waals surface area contributed by atoms with Crippen molar-refractivity contribution in [2.45, 2.75) is 0 Å². The van der Waals surface area contributed by atoms with E-state index in [9.17, 15) is 4.79 Å². The predicted octanol–water partition coefficient (Wildman–Crippen LogP) is 1.38. The van der Waals surface area contributed by atoms with Crippen LogP contribution in [-0.2, 0) is 0 Å². The van der Waals surface area contributed by atoms with Gasteiger partial charge in [-0.25, -0.2) is 4.79 Å². The van der Waals surface area contributed by atoms with Crippen molar-refractivity contribution in [3.63, 3.8) is 0 Å². The van der Waals surface area contributed by atoms with Crippen LogP contribution in [0.1, 0.15) is 0 Å². The van der Waals surface area contributed by atoms with Crippen molar-refractivity contribution in [1.82, 2.24) is 15.5 Å². The number of hydrogen-bond donors (Lipinski definition) is 3. The van der Waals surface area contributed by atoms with Gasteiger partial charge < -0.3 is 20.7 Å². The first kappa shape index (κ1) is 15.9.